The molecule has 0 fully saturated rings. The van der Waals surface area contributed by atoms with E-state index in [4.69, 9.17) is 23.2 Å². The topological polar surface area (TPSA) is 73.9 Å². The van der Waals surface area contributed by atoms with Crippen LogP contribution in [0.2, 0.25) is 0 Å². The molecule has 0 radical (unpaired) electrons. The van der Waals surface area contributed by atoms with Gasteiger partial charge < -0.3 is 16.4 Å². The fourth-order valence-corrected chi connectivity index (χ4v) is 1.95. The highest BCUT2D eigenvalue weighted by atomic mass is 32.1. The summed E-state index contributed by atoms with van der Waals surface area (Å²) >= 11 is 5.04. The Morgan fingerprint density at radius 1 is 1.35 bits per heavy atom. The summed E-state index contributed by atoms with van der Waals surface area (Å²) < 4.78 is 0. The molecule has 2 rings (SSSR count). The van der Waals surface area contributed by atoms with E-state index in [1.54, 1.807) is 0 Å². The molecular formula is C12H12N4S. The number of benzene rings is 1. The second kappa shape index (κ2) is 4.44. The van der Waals surface area contributed by atoms with Gasteiger partial charge in [-0.1, -0.05) is 29.8 Å². The number of hydrogen-bond acceptors (Lipinski definition) is 3. The van der Waals surface area contributed by atoms with E-state index in [0.29, 0.717) is 16.5 Å². The van der Waals surface area contributed by atoms with Gasteiger partial charge in [0, 0.05) is 0 Å². The first-order valence-corrected chi connectivity index (χ1v) is 5.56. The van der Waals surface area contributed by atoms with Gasteiger partial charge in [-0.05, 0) is 24.7 Å². The highest BCUT2D eigenvalue weighted by Gasteiger charge is 2.25. The molecule has 0 saturated heterocycles. The first-order chi connectivity index (χ1) is 8.11. The number of hydrogen-bond donors (Lipinski definition) is 3. The van der Waals surface area contributed by atoms with Crippen LogP contribution in [-0.4, -0.2) is 5.11 Å². The zero-order valence-corrected chi connectivity index (χ0v) is 10.1. The second-order valence-corrected chi connectivity index (χ2v) is 4.29. The highest BCUT2D eigenvalue weighted by Crippen LogP contribution is 2.24. The molecule has 4 nitrogen and oxygen atoms in total. The van der Waals surface area contributed by atoms with Crippen LogP contribution in [0.5, 0.6) is 0 Å². The molecule has 1 aliphatic rings. The molecule has 0 aliphatic carbocycles. The maximum Gasteiger partial charge on any atom is 0.172 e. The Labute approximate surface area is 105 Å². The van der Waals surface area contributed by atoms with Crippen molar-refractivity contribution in [2.75, 3.05) is 0 Å². The summed E-state index contributed by atoms with van der Waals surface area (Å²) in [5.41, 5.74) is 8.36. The average Bonchev–Trinajstić information content (AvgIpc) is 2.29. The Bertz CT molecular complexity index is 524. The molecule has 1 unspecified atom stereocenters. The molecule has 1 heterocycles. The molecule has 0 spiro atoms. The first kappa shape index (κ1) is 11.4. The molecule has 1 aliphatic heterocycles. The third-order valence-corrected chi connectivity index (χ3v) is 2.85. The summed E-state index contributed by atoms with van der Waals surface area (Å²) in [6.45, 7) is 2.01. The highest BCUT2D eigenvalue weighted by molar-refractivity contribution is 7.80. The van der Waals surface area contributed by atoms with Gasteiger partial charge in [0.25, 0.3) is 0 Å². The Hall–Kier alpha value is -2.06. The van der Waals surface area contributed by atoms with Gasteiger partial charge in [-0.15, -0.1) is 0 Å². The van der Waals surface area contributed by atoms with Gasteiger partial charge in [-0.2, -0.15) is 5.26 Å². The van der Waals surface area contributed by atoms with E-state index in [0.717, 1.165) is 5.56 Å². The molecule has 0 bridgehead atoms. The van der Waals surface area contributed by atoms with Crippen molar-refractivity contribution in [2.24, 2.45) is 5.73 Å². The predicted molar refractivity (Wildman–Crippen MR) is 69.6 cm³/mol. The first-order valence-electron chi connectivity index (χ1n) is 5.15. The zero-order chi connectivity index (χ0) is 12.4. The molecule has 17 heavy (non-hydrogen) atoms. The van der Waals surface area contributed by atoms with Crippen molar-refractivity contribution < 1.29 is 0 Å². The summed E-state index contributed by atoms with van der Waals surface area (Å²) in [5.74, 6) is 0.321. The molecule has 1 aromatic carbocycles. The minimum absolute atomic E-state index is 0.269. The fraction of sp³-hybridized carbons (Fsp3) is 0.167. The van der Waals surface area contributed by atoms with E-state index in [2.05, 4.69) is 16.7 Å². The van der Waals surface area contributed by atoms with Gasteiger partial charge in [0.2, 0.25) is 0 Å². The van der Waals surface area contributed by atoms with Gasteiger partial charge in [0.05, 0.1) is 11.6 Å². The van der Waals surface area contributed by atoms with Gasteiger partial charge in [-0.3, -0.25) is 0 Å². The average molecular weight is 244 g/mol. The molecule has 0 aromatic heterocycles. The van der Waals surface area contributed by atoms with Crippen LogP contribution in [0, 0.1) is 18.3 Å². The van der Waals surface area contributed by atoms with Crippen molar-refractivity contribution >= 4 is 17.3 Å². The van der Waals surface area contributed by atoms with Crippen LogP contribution in [0.15, 0.2) is 35.7 Å². The van der Waals surface area contributed by atoms with E-state index in [1.807, 2.05) is 31.2 Å². The quantitative estimate of drug-likeness (QED) is 0.647. The number of nitrogens with zero attached hydrogens (tertiary/aromatic N) is 1. The third kappa shape index (κ3) is 2.22. The third-order valence-electron chi connectivity index (χ3n) is 2.63. The lowest BCUT2D eigenvalue weighted by atomic mass is 9.97. The van der Waals surface area contributed by atoms with E-state index < -0.39 is 0 Å². The Kier molecular flexibility index (Phi) is 2.98. The van der Waals surface area contributed by atoms with E-state index >= 15 is 0 Å². The van der Waals surface area contributed by atoms with Crippen molar-refractivity contribution in [3.05, 3.63) is 46.8 Å². The van der Waals surface area contributed by atoms with Crippen LogP contribution < -0.4 is 16.4 Å². The lowest BCUT2D eigenvalue weighted by Gasteiger charge is -2.27. The van der Waals surface area contributed by atoms with Crippen molar-refractivity contribution in [1.82, 2.24) is 10.6 Å². The normalized spacial score (nSPS) is 19.3. The van der Waals surface area contributed by atoms with Crippen LogP contribution >= 0.6 is 12.2 Å². The van der Waals surface area contributed by atoms with Crippen LogP contribution in [0.4, 0.5) is 0 Å². The molecule has 0 amide bonds. The van der Waals surface area contributed by atoms with Crippen molar-refractivity contribution in [3.8, 4) is 6.07 Å². The number of thiocarbonyl (C=S) groups is 1. The van der Waals surface area contributed by atoms with Gasteiger partial charge >= 0.3 is 0 Å². The summed E-state index contributed by atoms with van der Waals surface area (Å²) in [6.07, 6.45) is 0. The number of nitriles is 1. The van der Waals surface area contributed by atoms with Crippen molar-refractivity contribution in [3.63, 3.8) is 0 Å². The van der Waals surface area contributed by atoms with Gasteiger partial charge in [-0.25, -0.2) is 0 Å². The molecule has 5 heteroatoms. The summed E-state index contributed by atoms with van der Waals surface area (Å²) in [6, 6.07) is 9.75. The van der Waals surface area contributed by atoms with Gasteiger partial charge in [0.15, 0.2) is 5.11 Å². The number of nitrogens with two attached hydrogens (primary N) is 1. The molecule has 4 N–H and O–H groups in total. The van der Waals surface area contributed by atoms with Crippen LogP contribution in [0.3, 0.4) is 0 Å². The minimum Gasteiger partial charge on any atom is -0.384 e. The maximum atomic E-state index is 9.12. The van der Waals surface area contributed by atoms with E-state index in [9.17, 15) is 0 Å². The Balaban J connectivity index is 2.43. The summed E-state index contributed by atoms with van der Waals surface area (Å²) in [4.78, 5) is 0. The zero-order valence-electron chi connectivity index (χ0n) is 9.32. The largest absolute Gasteiger partial charge is 0.384 e. The second-order valence-electron chi connectivity index (χ2n) is 3.88. The molecule has 1 atom stereocenters. The fourth-order valence-electron chi connectivity index (χ4n) is 1.72. The van der Waals surface area contributed by atoms with Crippen LogP contribution in [0.25, 0.3) is 0 Å². The van der Waals surface area contributed by atoms with Crippen LogP contribution in [-0.2, 0) is 0 Å². The molecule has 1 aromatic rings. The lowest BCUT2D eigenvalue weighted by molar-refractivity contribution is 0.706. The Morgan fingerprint density at radius 3 is 2.59 bits per heavy atom. The summed E-state index contributed by atoms with van der Waals surface area (Å²) in [7, 11) is 0. The monoisotopic (exact) mass is 244 g/mol. The smallest absolute Gasteiger partial charge is 0.172 e. The summed E-state index contributed by atoms with van der Waals surface area (Å²) in [5, 5.41) is 15.4. The minimum atomic E-state index is -0.269. The standard InChI is InChI=1S/C12H12N4S/c1-7-2-4-8(5-3-7)10-9(6-13)11(14)16-12(17)15-10/h2-5,10H,14H2,1H3,(H2,15,16,17). The molecule has 86 valence electrons. The predicted octanol–water partition coefficient (Wildman–Crippen LogP) is 1.21. The van der Waals surface area contributed by atoms with E-state index in [1.165, 1.54) is 5.56 Å². The van der Waals surface area contributed by atoms with Gasteiger partial charge in [0.1, 0.15) is 11.9 Å². The van der Waals surface area contributed by atoms with E-state index in [-0.39, 0.29) is 6.04 Å². The van der Waals surface area contributed by atoms with Crippen LogP contribution in [0.1, 0.15) is 17.2 Å². The van der Waals surface area contributed by atoms with Crippen molar-refractivity contribution in [2.45, 2.75) is 13.0 Å². The lowest BCUT2D eigenvalue weighted by Crippen LogP contribution is -2.45. The number of nitrogens with one attached hydrogen (secondary N) is 2. The maximum absolute atomic E-state index is 9.12. The SMILES string of the molecule is Cc1ccc(C2NC(=S)NC(N)=C2C#N)cc1. The number of aryl methyl sites for hydroxylation is 1. The number of rotatable bonds is 1. The molecular weight excluding hydrogens is 232 g/mol. The Morgan fingerprint density at radius 2 is 2.00 bits per heavy atom. The van der Waals surface area contributed by atoms with Crippen molar-refractivity contribution in [1.29, 1.82) is 5.26 Å². The molecule has 0 saturated carbocycles.